The monoisotopic (exact) mass is 337 g/mol. The number of amides is 1. The number of ether oxygens (including phenoxy) is 3. The van der Waals surface area contributed by atoms with Crippen LogP contribution < -0.4 is 4.74 Å². The lowest BCUT2D eigenvalue weighted by Crippen LogP contribution is -2.50. The summed E-state index contributed by atoms with van der Waals surface area (Å²) in [6.07, 6.45) is 2.17. The van der Waals surface area contributed by atoms with Crippen LogP contribution in [0.15, 0.2) is 18.2 Å². The summed E-state index contributed by atoms with van der Waals surface area (Å²) in [6, 6.07) is 5.58. The highest BCUT2D eigenvalue weighted by atomic mass is 35.5. The van der Waals surface area contributed by atoms with Crippen LogP contribution in [0.4, 0.5) is 0 Å². The Hall–Kier alpha value is -1.30. The predicted octanol–water partition coefficient (Wildman–Crippen LogP) is 2.26. The molecule has 3 aliphatic rings. The molecule has 3 heterocycles. The Labute approximate surface area is 140 Å². The fraction of sp³-hybridized carbons (Fsp3) is 0.588. The van der Waals surface area contributed by atoms with Gasteiger partial charge in [0.1, 0.15) is 12.4 Å². The van der Waals surface area contributed by atoms with E-state index in [0.29, 0.717) is 44.4 Å². The third-order valence-electron chi connectivity index (χ3n) is 4.93. The van der Waals surface area contributed by atoms with Crippen LogP contribution in [0.3, 0.4) is 0 Å². The summed E-state index contributed by atoms with van der Waals surface area (Å²) in [5, 5.41) is 0.677. The number of piperidine rings is 1. The van der Waals surface area contributed by atoms with Crippen LogP contribution in [0.1, 0.15) is 18.4 Å². The van der Waals surface area contributed by atoms with E-state index >= 15 is 0 Å². The van der Waals surface area contributed by atoms with Crippen LogP contribution in [0.5, 0.6) is 5.75 Å². The van der Waals surface area contributed by atoms with E-state index in [1.165, 1.54) is 0 Å². The van der Waals surface area contributed by atoms with Gasteiger partial charge in [-0.15, -0.1) is 0 Å². The van der Waals surface area contributed by atoms with Crippen LogP contribution in [0, 0.1) is 5.92 Å². The van der Waals surface area contributed by atoms with Gasteiger partial charge in [-0.1, -0.05) is 11.6 Å². The number of likely N-dealkylation sites (tertiary alicyclic amines) is 1. The Morgan fingerprint density at radius 1 is 1.22 bits per heavy atom. The van der Waals surface area contributed by atoms with E-state index in [0.717, 1.165) is 24.2 Å². The Bertz CT molecular complexity index is 605. The van der Waals surface area contributed by atoms with E-state index in [9.17, 15) is 4.79 Å². The van der Waals surface area contributed by atoms with Crippen molar-refractivity contribution in [2.75, 3.05) is 32.9 Å². The average Bonchev–Trinajstić information content (AvgIpc) is 3.02. The highest BCUT2D eigenvalue weighted by Gasteiger charge is 2.42. The predicted molar refractivity (Wildman–Crippen MR) is 84.6 cm³/mol. The molecule has 0 aromatic heterocycles. The number of carbonyl (C=O) groups is 1. The van der Waals surface area contributed by atoms with Crippen LogP contribution in [0.2, 0.25) is 5.02 Å². The molecule has 1 amide bonds. The molecule has 0 radical (unpaired) electrons. The van der Waals surface area contributed by atoms with Crippen LogP contribution in [0.25, 0.3) is 0 Å². The maximum absolute atomic E-state index is 12.8. The van der Waals surface area contributed by atoms with Gasteiger partial charge in [0.2, 0.25) is 5.91 Å². The summed E-state index contributed by atoms with van der Waals surface area (Å²) in [5.74, 6) is 0.410. The van der Waals surface area contributed by atoms with Crippen molar-refractivity contribution in [3.63, 3.8) is 0 Å². The van der Waals surface area contributed by atoms with Gasteiger partial charge in [0.15, 0.2) is 5.79 Å². The Morgan fingerprint density at radius 2 is 1.96 bits per heavy atom. The largest absolute Gasteiger partial charge is 0.492 e. The van der Waals surface area contributed by atoms with Gasteiger partial charge < -0.3 is 19.1 Å². The van der Waals surface area contributed by atoms with E-state index < -0.39 is 5.79 Å². The molecule has 1 atom stereocenters. The summed E-state index contributed by atoms with van der Waals surface area (Å²) in [5.41, 5.74) is 1.01. The molecule has 5 nitrogen and oxygen atoms in total. The van der Waals surface area contributed by atoms with Gasteiger partial charge in [0.05, 0.1) is 19.1 Å². The number of hydrogen-bond donors (Lipinski definition) is 0. The van der Waals surface area contributed by atoms with Crippen LogP contribution in [-0.4, -0.2) is 49.5 Å². The maximum Gasteiger partial charge on any atom is 0.229 e. The minimum Gasteiger partial charge on any atom is -0.492 e. The lowest BCUT2D eigenvalue weighted by atomic mass is 9.94. The molecule has 1 aromatic carbocycles. The zero-order valence-electron chi connectivity index (χ0n) is 12.9. The Morgan fingerprint density at radius 3 is 2.70 bits per heavy atom. The van der Waals surface area contributed by atoms with Crippen molar-refractivity contribution in [2.45, 2.75) is 25.0 Å². The molecule has 1 spiro atoms. The number of benzene rings is 1. The van der Waals surface area contributed by atoms with Crippen LogP contribution in [-0.2, 0) is 20.7 Å². The lowest BCUT2D eigenvalue weighted by molar-refractivity contribution is -0.188. The Balaban J connectivity index is 1.40. The van der Waals surface area contributed by atoms with Crippen molar-refractivity contribution in [3.8, 4) is 5.75 Å². The number of nitrogens with zero attached hydrogens (tertiary/aromatic N) is 1. The average molecular weight is 338 g/mol. The first-order valence-electron chi connectivity index (χ1n) is 8.13. The zero-order chi connectivity index (χ0) is 15.9. The van der Waals surface area contributed by atoms with Gasteiger partial charge in [-0.05, 0) is 30.2 Å². The second-order valence-corrected chi connectivity index (χ2v) is 6.83. The van der Waals surface area contributed by atoms with E-state index in [-0.39, 0.29) is 11.8 Å². The molecule has 0 saturated carbocycles. The standard InChI is InChI=1S/C17H20ClNO4/c18-14-1-2-15-12(10-14)9-13(11-21-15)16(20)19-5-3-17(4-6-19)22-7-8-23-17/h1-2,10,13H,3-9,11H2. The zero-order valence-corrected chi connectivity index (χ0v) is 13.7. The molecule has 0 N–H and O–H groups in total. The lowest BCUT2D eigenvalue weighted by Gasteiger charge is -2.39. The summed E-state index contributed by atoms with van der Waals surface area (Å²) < 4.78 is 17.2. The fourth-order valence-electron chi connectivity index (χ4n) is 3.63. The van der Waals surface area contributed by atoms with Crippen molar-refractivity contribution >= 4 is 17.5 Å². The minimum atomic E-state index is -0.444. The number of rotatable bonds is 1. The smallest absolute Gasteiger partial charge is 0.229 e. The molecule has 2 saturated heterocycles. The van der Waals surface area contributed by atoms with Crippen molar-refractivity contribution < 1.29 is 19.0 Å². The summed E-state index contributed by atoms with van der Waals surface area (Å²) in [6.45, 7) is 3.10. The van der Waals surface area contributed by atoms with Gasteiger partial charge in [0, 0.05) is 31.0 Å². The molecule has 3 aliphatic heterocycles. The highest BCUT2D eigenvalue weighted by Crippen LogP contribution is 2.34. The van der Waals surface area contributed by atoms with Crippen molar-refractivity contribution in [1.82, 2.24) is 4.90 Å². The quantitative estimate of drug-likeness (QED) is 0.788. The molecule has 2 fully saturated rings. The molecule has 1 unspecified atom stereocenters. The first kappa shape index (κ1) is 15.2. The third kappa shape index (κ3) is 2.93. The van der Waals surface area contributed by atoms with Gasteiger partial charge in [-0.25, -0.2) is 0 Å². The number of hydrogen-bond acceptors (Lipinski definition) is 4. The SMILES string of the molecule is O=C(C1COc2ccc(Cl)cc2C1)N1CCC2(CC1)OCCO2. The van der Waals surface area contributed by atoms with Crippen LogP contribution >= 0.6 is 11.6 Å². The highest BCUT2D eigenvalue weighted by molar-refractivity contribution is 6.30. The topological polar surface area (TPSA) is 48.0 Å². The minimum absolute atomic E-state index is 0.138. The van der Waals surface area contributed by atoms with Gasteiger partial charge in [-0.2, -0.15) is 0 Å². The molecule has 23 heavy (non-hydrogen) atoms. The summed E-state index contributed by atoms with van der Waals surface area (Å²) >= 11 is 6.04. The third-order valence-corrected chi connectivity index (χ3v) is 5.16. The van der Waals surface area contributed by atoms with E-state index in [2.05, 4.69) is 0 Å². The number of fused-ring (bicyclic) bond motifs is 1. The molecular formula is C17H20ClNO4. The molecule has 0 aliphatic carbocycles. The van der Waals surface area contributed by atoms with E-state index in [1.807, 2.05) is 23.1 Å². The summed E-state index contributed by atoms with van der Waals surface area (Å²) in [7, 11) is 0. The molecule has 6 heteroatoms. The van der Waals surface area contributed by atoms with Crippen molar-refractivity contribution in [2.24, 2.45) is 5.92 Å². The second kappa shape index (κ2) is 5.96. The van der Waals surface area contributed by atoms with Gasteiger partial charge >= 0.3 is 0 Å². The van der Waals surface area contributed by atoms with Gasteiger partial charge in [-0.3, -0.25) is 4.79 Å². The van der Waals surface area contributed by atoms with E-state index in [4.69, 9.17) is 25.8 Å². The molecular weight excluding hydrogens is 318 g/mol. The fourth-order valence-corrected chi connectivity index (χ4v) is 3.83. The molecule has 0 bridgehead atoms. The van der Waals surface area contributed by atoms with Crippen molar-refractivity contribution in [3.05, 3.63) is 28.8 Å². The molecule has 124 valence electrons. The van der Waals surface area contributed by atoms with Gasteiger partial charge in [0.25, 0.3) is 0 Å². The number of carbonyl (C=O) groups excluding carboxylic acids is 1. The van der Waals surface area contributed by atoms with E-state index in [1.54, 1.807) is 0 Å². The van der Waals surface area contributed by atoms with Crippen molar-refractivity contribution in [1.29, 1.82) is 0 Å². The molecule has 1 aromatic rings. The second-order valence-electron chi connectivity index (χ2n) is 6.40. The maximum atomic E-state index is 12.8. The Kier molecular flexibility index (Phi) is 3.95. The first-order chi connectivity index (χ1) is 11.2. The summed E-state index contributed by atoms with van der Waals surface area (Å²) in [4.78, 5) is 14.7. The number of halogens is 1. The molecule has 4 rings (SSSR count). The normalized spacial score (nSPS) is 26.0. The first-order valence-corrected chi connectivity index (χ1v) is 8.51.